The van der Waals surface area contributed by atoms with Gasteiger partial charge in [0.15, 0.2) is 11.5 Å². The molecule has 2 aromatic rings. The Balaban J connectivity index is 1.58. The van der Waals surface area contributed by atoms with E-state index in [9.17, 15) is 4.79 Å². The molecular weight excluding hydrogens is 276 g/mol. The third-order valence-corrected chi connectivity index (χ3v) is 4.76. The zero-order chi connectivity index (χ0) is 14.9. The monoisotopic (exact) mass is 296 g/mol. The number of carbonyl (C=O) groups excluding carboxylic acids is 1. The average Bonchev–Trinajstić information content (AvgIpc) is 3.26. The van der Waals surface area contributed by atoms with E-state index in [4.69, 9.17) is 0 Å². The molecule has 1 aliphatic carbocycles. The molecule has 2 aromatic heterocycles. The number of allylic oxidation sites excluding steroid dienone is 2. The van der Waals surface area contributed by atoms with Gasteiger partial charge in [-0.1, -0.05) is 18.2 Å². The van der Waals surface area contributed by atoms with Crippen LogP contribution in [0, 0.1) is 5.92 Å². The van der Waals surface area contributed by atoms with Crippen molar-refractivity contribution in [3.63, 3.8) is 0 Å². The summed E-state index contributed by atoms with van der Waals surface area (Å²) in [6.07, 6.45) is 11.2. The molecule has 0 N–H and O–H groups in total. The van der Waals surface area contributed by atoms with Crippen LogP contribution in [-0.4, -0.2) is 31.9 Å². The zero-order valence-corrected chi connectivity index (χ0v) is 12.6. The Hall–Kier alpha value is -2.17. The lowest BCUT2D eigenvalue weighted by atomic mass is 10.0. The molecule has 4 rings (SSSR count). The molecule has 0 bridgehead atoms. The summed E-state index contributed by atoms with van der Waals surface area (Å²) in [5.74, 6) is 1.57. The van der Waals surface area contributed by atoms with Crippen LogP contribution < -0.4 is 0 Å². The molecule has 0 spiro atoms. The van der Waals surface area contributed by atoms with Gasteiger partial charge in [-0.2, -0.15) is 0 Å². The fraction of sp³-hybridized carbons (Fsp3) is 0.471. The van der Waals surface area contributed by atoms with Gasteiger partial charge in [0.2, 0.25) is 5.91 Å². The van der Waals surface area contributed by atoms with Crippen LogP contribution in [0.4, 0.5) is 0 Å². The van der Waals surface area contributed by atoms with E-state index in [-0.39, 0.29) is 11.9 Å². The molecule has 1 aliphatic heterocycles. The van der Waals surface area contributed by atoms with E-state index < -0.39 is 0 Å². The Morgan fingerprint density at radius 2 is 2.23 bits per heavy atom. The van der Waals surface area contributed by atoms with Gasteiger partial charge >= 0.3 is 0 Å². The minimum Gasteiger partial charge on any atom is -0.332 e. The van der Waals surface area contributed by atoms with Crippen molar-refractivity contribution in [2.24, 2.45) is 5.92 Å². The van der Waals surface area contributed by atoms with Gasteiger partial charge in [0.05, 0.1) is 6.04 Å². The van der Waals surface area contributed by atoms with Crippen molar-refractivity contribution >= 4 is 11.6 Å². The lowest BCUT2D eigenvalue weighted by molar-refractivity contribution is -0.133. The van der Waals surface area contributed by atoms with Gasteiger partial charge in [0.25, 0.3) is 0 Å². The number of nitrogens with zero attached hydrogens (tertiary/aromatic N) is 4. The van der Waals surface area contributed by atoms with E-state index >= 15 is 0 Å². The number of amides is 1. The fourth-order valence-electron chi connectivity index (χ4n) is 3.63. The molecule has 0 radical (unpaired) electrons. The van der Waals surface area contributed by atoms with Crippen LogP contribution in [-0.2, 0) is 4.79 Å². The molecule has 3 heterocycles. The Kier molecular flexibility index (Phi) is 3.41. The van der Waals surface area contributed by atoms with Crippen LogP contribution in [0.5, 0.6) is 0 Å². The summed E-state index contributed by atoms with van der Waals surface area (Å²) < 4.78 is 2.01. The van der Waals surface area contributed by atoms with Gasteiger partial charge in [0.1, 0.15) is 0 Å². The van der Waals surface area contributed by atoms with E-state index in [1.165, 1.54) is 0 Å². The Labute approximate surface area is 129 Å². The van der Waals surface area contributed by atoms with E-state index in [1.807, 2.05) is 33.7 Å². The molecule has 2 atom stereocenters. The molecule has 114 valence electrons. The summed E-state index contributed by atoms with van der Waals surface area (Å²) >= 11 is 0. The molecule has 0 saturated carbocycles. The SMILES string of the molecule is O=C(C[C@H]1C=CCC1)N1CCC[C@H]1c1nnc2ccccn12. The summed E-state index contributed by atoms with van der Waals surface area (Å²) in [7, 11) is 0. The number of hydrogen-bond acceptors (Lipinski definition) is 3. The minimum atomic E-state index is 0.0651. The molecule has 1 amide bonds. The number of aromatic nitrogens is 3. The summed E-state index contributed by atoms with van der Waals surface area (Å²) in [6, 6.07) is 5.94. The van der Waals surface area contributed by atoms with Crippen molar-refractivity contribution in [3.05, 3.63) is 42.4 Å². The van der Waals surface area contributed by atoms with Gasteiger partial charge < -0.3 is 4.90 Å². The molecular formula is C17H20N4O. The highest BCUT2D eigenvalue weighted by molar-refractivity contribution is 5.77. The number of fused-ring (bicyclic) bond motifs is 1. The molecule has 5 nitrogen and oxygen atoms in total. The molecule has 0 aromatic carbocycles. The van der Waals surface area contributed by atoms with E-state index in [0.29, 0.717) is 12.3 Å². The molecule has 1 saturated heterocycles. The van der Waals surface area contributed by atoms with Crippen LogP contribution in [0.2, 0.25) is 0 Å². The predicted octanol–water partition coefficient (Wildman–Crippen LogP) is 2.75. The van der Waals surface area contributed by atoms with E-state index in [1.54, 1.807) is 0 Å². The second-order valence-electron chi connectivity index (χ2n) is 6.20. The highest BCUT2D eigenvalue weighted by Gasteiger charge is 2.33. The predicted molar refractivity (Wildman–Crippen MR) is 83.2 cm³/mol. The topological polar surface area (TPSA) is 50.5 Å². The smallest absolute Gasteiger partial charge is 0.223 e. The summed E-state index contributed by atoms with van der Waals surface area (Å²) in [4.78, 5) is 14.7. The highest BCUT2D eigenvalue weighted by Crippen LogP contribution is 2.33. The van der Waals surface area contributed by atoms with Crippen LogP contribution >= 0.6 is 0 Å². The molecule has 1 fully saturated rings. The Morgan fingerprint density at radius 1 is 1.27 bits per heavy atom. The zero-order valence-electron chi connectivity index (χ0n) is 12.6. The summed E-state index contributed by atoms with van der Waals surface area (Å²) in [5.41, 5.74) is 0.843. The first-order chi connectivity index (χ1) is 10.8. The largest absolute Gasteiger partial charge is 0.332 e. The standard InChI is InChI=1S/C17H20N4O/c22-16(12-13-6-1-2-7-13)20-11-5-8-14(20)17-19-18-15-9-3-4-10-21(15)17/h1,3-4,6,9-10,13-14H,2,5,7-8,11-12H2/t13-,14-/m0/s1. The van der Waals surface area contributed by atoms with Crippen molar-refractivity contribution in [2.75, 3.05) is 6.54 Å². The average molecular weight is 296 g/mol. The maximum Gasteiger partial charge on any atom is 0.223 e. The van der Waals surface area contributed by atoms with Gasteiger partial charge in [0, 0.05) is 19.2 Å². The fourth-order valence-corrected chi connectivity index (χ4v) is 3.63. The number of hydrogen-bond donors (Lipinski definition) is 0. The van der Waals surface area contributed by atoms with Gasteiger partial charge in [-0.05, 0) is 43.7 Å². The lowest BCUT2D eigenvalue weighted by Gasteiger charge is -2.24. The minimum absolute atomic E-state index is 0.0651. The third kappa shape index (κ3) is 2.30. The summed E-state index contributed by atoms with van der Waals surface area (Å²) in [5, 5.41) is 8.57. The lowest BCUT2D eigenvalue weighted by Crippen LogP contribution is -2.32. The first-order valence-corrected chi connectivity index (χ1v) is 8.09. The number of pyridine rings is 1. The Morgan fingerprint density at radius 3 is 3.09 bits per heavy atom. The van der Waals surface area contributed by atoms with Crippen molar-refractivity contribution in [1.82, 2.24) is 19.5 Å². The molecule has 5 heteroatoms. The molecule has 22 heavy (non-hydrogen) atoms. The van der Waals surface area contributed by atoms with Crippen LogP contribution in [0.3, 0.4) is 0 Å². The van der Waals surface area contributed by atoms with Crippen molar-refractivity contribution < 1.29 is 4.79 Å². The van der Waals surface area contributed by atoms with E-state index in [2.05, 4.69) is 22.3 Å². The Bertz CT molecular complexity index is 720. The van der Waals surface area contributed by atoms with E-state index in [0.717, 1.165) is 43.7 Å². The first kappa shape index (κ1) is 13.5. The molecule has 2 aliphatic rings. The number of likely N-dealkylation sites (tertiary alicyclic amines) is 1. The second kappa shape index (κ2) is 5.55. The van der Waals surface area contributed by atoms with Crippen LogP contribution in [0.1, 0.15) is 44.0 Å². The molecule has 0 unspecified atom stereocenters. The van der Waals surface area contributed by atoms with Crippen molar-refractivity contribution in [2.45, 2.75) is 38.1 Å². The first-order valence-electron chi connectivity index (χ1n) is 8.09. The quantitative estimate of drug-likeness (QED) is 0.818. The normalized spacial score (nSPS) is 24.5. The number of rotatable bonds is 3. The second-order valence-corrected chi connectivity index (χ2v) is 6.20. The number of carbonyl (C=O) groups is 1. The maximum absolute atomic E-state index is 12.7. The van der Waals surface area contributed by atoms with Gasteiger partial charge in [-0.25, -0.2) is 0 Å². The highest BCUT2D eigenvalue weighted by atomic mass is 16.2. The van der Waals surface area contributed by atoms with Gasteiger partial charge in [-0.15, -0.1) is 10.2 Å². The third-order valence-electron chi connectivity index (χ3n) is 4.76. The maximum atomic E-state index is 12.7. The summed E-state index contributed by atoms with van der Waals surface area (Å²) in [6.45, 7) is 0.835. The van der Waals surface area contributed by atoms with Crippen LogP contribution in [0.25, 0.3) is 5.65 Å². The van der Waals surface area contributed by atoms with Crippen molar-refractivity contribution in [1.29, 1.82) is 0 Å². The van der Waals surface area contributed by atoms with Gasteiger partial charge in [-0.3, -0.25) is 9.20 Å². The van der Waals surface area contributed by atoms with Crippen LogP contribution in [0.15, 0.2) is 36.5 Å². The van der Waals surface area contributed by atoms with Crippen molar-refractivity contribution in [3.8, 4) is 0 Å².